The number of aryl methyl sites for hydroxylation is 1. The lowest BCUT2D eigenvalue weighted by molar-refractivity contribution is 0.295. The summed E-state index contributed by atoms with van der Waals surface area (Å²) in [6, 6.07) is 9.81. The minimum Gasteiger partial charge on any atom is -0.471 e. The van der Waals surface area contributed by atoms with Crippen LogP contribution >= 0.6 is 15.9 Å². The molecular weight excluding hydrogens is 280 g/mol. The van der Waals surface area contributed by atoms with Gasteiger partial charge in [0.25, 0.3) is 0 Å². The first-order valence-corrected chi connectivity index (χ1v) is 6.04. The molecule has 1 aromatic heterocycles. The number of rotatable bonds is 3. The van der Waals surface area contributed by atoms with Gasteiger partial charge in [-0.2, -0.15) is 0 Å². The first kappa shape index (κ1) is 11.9. The van der Waals surface area contributed by atoms with Gasteiger partial charge in [-0.15, -0.1) is 0 Å². The van der Waals surface area contributed by atoms with E-state index in [1.54, 1.807) is 6.20 Å². The van der Waals surface area contributed by atoms with E-state index >= 15 is 0 Å². The van der Waals surface area contributed by atoms with Crippen LogP contribution in [0.4, 0.5) is 5.69 Å². The number of ether oxygens (including phenoxy) is 1. The Morgan fingerprint density at radius 2 is 1.94 bits per heavy atom. The minimum absolute atomic E-state index is 0.466. The Hall–Kier alpha value is -1.55. The summed E-state index contributed by atoms with van der Waals surface area (Å²) in [4.78, 5) is 4.12. The maximum atomic E-state index is 5.88. The molecule has 2 rings (SSSR count). The Kier molecular flexibility index (Phi) is 3.64. The molecule has 0 fully saturated rings. The van der Waals surface area contributed by atoms with Crippen molar-refractivity contribution in [3.8, 4) is 5.88 Å². The van der Waals surface area contributed by atoms with Crippen molar-refractivity contribution in [1.82, 2.24) is 4.98 Å². The highest BCUT2D eigenvalue weighted by atomic mass is 79.9. The summed E-state index contributed by atoms with van der Waals surface area (Å²) in [6.45, 7) is 2.40. The molecule has 0 atom stereocenters. The van der Waals surface area contributed by atoms with Crippen LogP contribution in [0.1, 0.15) is 11.1 Å². The molecule has 0 saturated carbocycles. The van der Waals surface area contributed by atoms with Gasteiger partial charge in [-0.25, -0.2) is 4.98 Å². The van der Waals surface area contributed by atoms with Crippen molar-refractivity contribution in [2.24, 2.45) is 0 Å². The van der Waals surface area contributed by atoms with Crippen molar-refractivity contribution in [2.75, 3.05) is 5.73 Å². The Labute approximate surface area is 109 Å². The highest BCUT2D eigenvalue weighted by Gasteiger charge is 2.04. The third-order valence-corrected chi connectivity index (χ3v) is 2.99. The van der Waals surface area contributed by atoms with E-state index in [-0.39, 0.29) is 0 Å². The summed E-state index contributed by atoms with van der Waals surface area (Å²) < 4.78 is 6.64. The van der Waals surface area contributed by atoms with Crippen LogP contribution in [0.3, 0.4) is 0 Å². The normalized spacial score (nSPS) is 10.2. The summed E-state index contributed by atoms with van der Waals surface area (Å²) in [5.41, 5.74) is 8.53. The van der Waals surface area contributed by atoms with Gasteiger partial charge in [0.05, 0.1) is 5.69 Å². The van der Waals surface area contributed by atoms with Crippen molar-refractivity contribution >= 4 is 21.6 Å². The molecule has 0 amide bonds. The smallest absolute Gasteiger partial charge is 0.237 e. The van der Waals surface area contributed by atoms with Crippen molar-refractivity contribution in [1.29, 1.82) is 0 Å². The Morgan fingerprint density at radius 3 is 2.65 bits per heavy atom. The first-order chi connectivity index (χ1) is 8.16. The van der Waals surface area contributed by atoms with Gasteiger partial charge >= 0.3 is 0 Å². The van der Waals surface area contributed by atoms with Crippen LogP contribution in [0, 0.1) is 6.92 Å². The summed E-state index contributed by atoms with van der Waals surface area (Å²) >= 11 is 3.39. The SMILES string of the molecule is Cc1ccnc(OCc2ccc(Br)cc2)c1N. The van der Waals surface area contributed by atoms with Gasteiger partial charge in [0.1, 0.15) is 6.61 Å². The zero-order chi connectivity index (χ0) is 12.3. The van der Waals surface area contributed by atoms with E-state index < -0.39 is 0 Å². The number of nitrogen functional groups attached to an aromatic ring is 1. The van der Waals surface area contributed by atoms with Crippen molar-refractivity contribution < 1.29 is 4.74 Å². The van der Waals surface area contributed by atoms with Gasteiger partial charge in [-0.05, 0) is 36.2 Å². The molecule has 0 radical (unpaired) electrons. The number of hydrogen-bond donors (Lipinski definition) is 1. The van der Waals surface area contributed by atoms with Gasteiger partial charge in [0.15, 0.2) is 0 Å². The fraction of sp³-hybridized carbons (Fsp3) is 0.154. The maximum absolute atomic E-state index is 5.88. The topological polar surface area (TPSA) is 48.1 Å². The molecule has 88 valence electrons. The molecule has 0 aliphatic rings. The predicted octanol–water partition coefficient (Wildman–Crippen LogP) is 3.31. The number of benzene rings is 1. The highest BCUT2D eigenvalue weighted by molar-refractivity contribution is 9.10. The second-order valence-corrected chi connectivity index (χ2v) is 4.68. The first-order valence-electron chi connectivity index (χ1n) is 5.25. The average Bonchev–Trinajstić information content (AvgIpc) is 2.33. The molecule has 0 spiro atoms. The average molecular weight is 293 g/mol. The Balaban J connectivity index is 2.07. The molecule has 2 N–H and O–H groups in total. The van der Waals surface area contributed by atoms with Crippen LogP contribution in [-0.4, -0.2) is 4.98 Å². The summed E-state index contributed by atoms with van der Waals surface area (Å²) in [7, 11) is 0. The molecule has 0 saturated heterocycles. The van der Waals surface area contributed by atoms with Crippen molar-refractivity contribution in [3.63, 3.8) is 0 Å². The van der Waals surface area contributed by atoms with Gasteiger partial charge < -0.3 is 10.5 Å². The molecule has 0 unspecified atom stereocenters. The van der Waals surface area contributed by atoms with E-state index in [1.165, 1.54) is 0 Å². The van der Waals surface area contributed by atoms with Gasteiger partial charge in [0, 0.05) is 10.7 Å². The molecule has 0 bridgehead atoms. The third-order valence-electron chi connectivity index (χ3n) is 2.46. The van der Waals surface area contributed by atoms with Crippen molar-refractivity contribution in [3.05, 3.63) is 52.1 Å². The number of halogens is 1. The number of hydrogen-bond acceptors (Lipinski definition) is 3. The molecule has 17 heavy (non-hydrogen) atoms. The van der Waals surface area contributed by atoms with E-state index in [0.717, 1.165) is 15.6 Å². The van der Waals surface area contributed by atoms with E-state index in [2.05, 4.69) is 20.9 Å². The van der Waals surface area contributed by atoms with Crippen LogP contribution < -0.4 is 10.5 Å². The van der Waals surface area contributed by atoms with E-state index in [9.17, 15) is 0 Å². The molecule has 3 nitrogen and oxygen atoms in total. The van der Waals surface area contributed by atoms with E-state index in [1.807, 2.05) is 37.3 Å². The Bertz CT molecular complexity index is 511. The monoisotopic (exact) mass is 292 g/mol. The lowest BCUT2D eigenvalue weighted by Crippen LogP contribution is -2.01. The lowest BCUT2D eigenvalue weighted by Gasteiger charge is -2.09. The highest BCUT2D eigenvalue weighted by Crippen LogP contribution is 2.22. The van der Waals surface area contributed by atoms with E-state index in [4.69, 9.17) is 10.5 Å². The molecular formula is C13H13BrN2O. The Morgan fingerprint density at radius 1 is 1.24 bits per heavy atom. The zero-order valence-corrected chi connectivity index (χ0v) is 11.1. The summed E-state index contributed by atoms with van der Waals surface area (Å²) in [5.74, 6) is 0.493. The van der Waals surface area contributed by atoms with Crippen LogP contribution in [0.2, 0.25) is 0 Å². The molecule has 4 heteroatoms. The maximum Gasteiger partial charge on any atom is 0.237 e. The van der Waals surface area contributed by atoms with E-state index in [0.29, 0.717) is 18.2 Å². The van der Waals surface area contributed by atoms with Crippen LogP contribution in [0.15, 0.2) is 41.0 Å². The quantitative estimate of drug-likeness (QED) is 0.944. The molecule has 0 aliphatic heterocycles. The second-order valence-electron chi connectivity index (χ2n) is 3.76. The molecule has 0 aliphatic carbocycles. The minimum atomic E-state index is 0.466. The van der Waals surface area contributed by atoms with Crippen molar-refractivity contribution in [2.45, 2.75) is 13.5 Å². The third kappa shape index (κ3) is 2.97. The molecule has 1 aromatic carbocycles. The number of aromatic nitrogens is 1. The lowest BCUT2D eigenvalue weighted by atomic mass is 10.2. The van der Waals surface area contributed by atoms with Crippen LogP contribution in [-0.2, 0) is 6.61 Å². The summed E-state index contributed by atoms with van der Waals surface area (Å²) in [5, 5.41) is 0. The number of nitrogens with two attached hydrogens (primary N) is 1. The standard InChI is InChI=1S/C13H13BrN2O/c1-9-6-7-16-13(12(9)15)17-8-10-2-4-11(14)5-3-10/h2-7H,8,15H2,1H3. The fourth-order valence-electron chi connectivity index (χ4n) is 1.39. The predicted molar refractivity (Wildman–Crippen MR) is 71.9 cm³/mol. The van der Waals surface area contributed by atoms with Gasteiger partial charge in [0.2, 0.25) is 5.88 Å². The largest absolute Gasteiger partial charge is 0.471 e. The summed E-state index contributed by atoms with van der Waals surface area (Å²) in [6.07, 6.45) is 1.70. The number of anilines is 1. The van der Waals surface area contributed by atoms with Crippen LogP contribution in [0.5, 0.6) is 5.88 Å². The fourth-order valence-corrected chi connectivity index (χ4v) is 1.66. The molecule has 1 heterocycles. The zero-order valence-electron chi connectivity index (χ0n) is 9.48. The van der Waals surface area contributed by atoms with Gasteiger partial charge in [-0.1, -0.05) is 28.1 Å². The van der Waals surface area contributed by atoms with Crippen LogP contribution in [0.25, 0.3) is 0 Å². The van der Waals surface area contributed by atoms with Gasteiger partial charge in [-0.3, -0.25) is 0 Å². The second kappa shape index (κ2) is 5.19. The number of nitrogens with zero attached hydrogens (tertiary/aromatic N) is 1. The number of pyridine rings is 1. The molecule has 2 aromatic rings.